The topological polar surface area (TPSA) is 193 Å². The van der Waals surface area contributed by atoms with Gasteiger partial charge in [0.25, 0.3) is 0 Å². The Morgan fingerprint density at radius 3 is 1.37 bits per heavy atom. The highest BCUT2D eigenvalue weighted by Crippen LogP contribution is 2.23. The highest BCUT2D eigenvalue weighted by molar-refractivity contribution is 5.75. The Kier molecular flexibility index (Phi) is 21.1. The molecule has 27 heavy (non-hydrogen) atoms. The molecule has 0 heterocycles. The molecule has 0 saturated heterocycles. The van der Waals surface area contributed by atoms with Crippen LogP contribution in [0.5, 0.6) is 0 Å². The fourth-order valence-corrected chi connectivity index (χ4v) is 1.67. The molecular weight excluding hydrogens is 364 g/mol. The van der Waals surface area contributed by atoms with E-state index >= 15 is 0 Å². The van der Waals surface area contributed by atoms with E-state index in [1.54, 1.807) is 6.92 Å². The van der Waals surface area contributed by atoms with Crippen LogP contribution in [0.1, 0.15) is 46.5 Å². The third-order valence-electron chi connectivity index (χ3n) is 3.47. The molecule has 7 N–H and O–H groups in total. The van der Waals surface area contributed by atoms with Crippen LogP contribution >= 0.6 is 0 Å². The van der Waals surface area contributed by atoms with Crippen LogP contribution in [-0.2, 0) is 14.4 Å². The first-order chi connectivity index (χ1) is 12.5. The second kappa shape index (κ2) is 19.0. The Hall–Kier alpha value is -1.75. The number of hydrogen-bond donors (Lipinski definition) is 7. The normalized spacial score (nSPS) is 13.3. The van der Waals surface area contributed by atoms with Crippen molar-refractivity contribution in [3.63, 3.8) is 0 Å². The maximum absolute atomic E-state index is 10.9. The number of aliphatic carboxylic acids is 3. The Balaban J connectivity index is -0.000000472. The van der Waals surface area contributed by atoms with Gasteiger partial charge in [0.15, 0.2) is 0 Å². The van der Waals surface area contributed by atoms with Crippen molar-refractivity contribution >= 4 is 17.9 Å². The number of rotatable bonds is 11. The Bertz CT molecular complexity index is 393. The number of carbonyl (C=O) groups is 3. The van der Waals surface area contributed by atoms with Crippen LogP contribution in [0.2, 0.25) is 0 Å². The number of carboxylic acids is 3. The van der Waals surface area contributed by atoms with Crippen LogP contribution < -0.4 is 0 Å². The molecule has 0 radical (unpaired) electrons. The van der Waals surface area contributed by atoms with Gasteiger partial charge in [-0.25, -0.2) is 0 Å². The molecule has 3 atom stereocenters. The van der Waals surface area contributed by atoms with Gasteiger partial charge in [0, 0.05) is 6.61 Å². The van der Waals surface area contributed by atoms with Crippen LogP contribution in [0.25, 0.3) is 0 Å². The van der Waals surface area contributed by atoms with Crippen molar-refractivity contribution in [1.82, 2.24) is 0 Å². The number of hydrogen-bond acceptors (Lipinski definition) is 7. The van der Waals surface area contributed by atoms with Gasteiger partial charge in [-0.1, -0.05) is 20.8 Å². The predicted octanol–water partition coefficient (Wildman–Crippen LogP) is 0.0195. The zero-order valence-corrected chi connectivity index (χ0v) is 16.1. The summed E-state index contributed by atoms with van der Waals surface area (Å²) in [5.41, 5.74) is 0. The van der Waals surface area contributed by atoms with Gasteiger partial charge in [0.2, 0.25) is 0 Å². The molecule has 0 saturated carbocycles. The van der Waals surface area contributed by atoms with Gasteiger partial charge in [0.1, 0.15) is 6.10 Å². The highest BCUT2D eigenvalue weighted by Gasteiger charge is 2.28. The lowest BCUT2D eigenvalue weighted by Gasteiger charge is -2.18. The average Bonchev–Trinajstić information content (AvgIpc) is 2.64. The minimum absolute atomic E-state index is 0.0290. The van der Waals surface area contributed by atoms with Crippen molar-refractivity contribution in [1.29, 1.82) is 0 Å². The predicted molar refractivity (Wildman–Crippen MR) is 96.1 cm³/mol. The van der Waals surface area contributed by atoms with Crippen molar-refractivity contribution in [3.8, 4) is 0 Å². The molecule has 0 spiro atoms. The molecule has 0 fully saturated rings. The Labute approximate surface area is 159 Å². The molecule has 162 valence electrons. The summed E-state index contributed by atoms with van der Waals surface area (Å²) in [5.74, 6) is -5.71. The van der Waals surface area contributed by atoms with Crippen LogP contribution in [0.4, 0.5) is 0 Å². The van der Waals surface area contributed by atoms with E-state index in [4.69, 9.17) is 35.7 Å². The molecule has 0 aromatic heterocycles. The summed E-state index contributed by atoms with van der Waals surface area (Å²) < 4.78 is 0. The zero-order valence-electron chi connectivity index (χ0n) is 16.1. The first-order valence-electron chi connectivity index (χ1n) is 8.71. The zero-order chi connectivity index (χ0) is 22.0. The van der Waals surface area contributed by atoms with Crippen molar-refractivity contribution in [2.45, 2.75) is 52.6 Å². The summed E-state index contributed by atoms with van der Waals surface area (Å²) in [6.45, 7) is 4.60. The smallest absolute Gasteiger partial charge is 0.306 e. The molecule has 0 bridgehead atoms. The monoisotopic (exact) mass is 398 g/mol. The van der Waals surface area contributed by atoms with Gasteiger partial charge < -0.3 is 35.7 Å². The summed E-state index contributed by atoms with van der Waals surface area (Å²) in [6, 6.07) is 0. The Morgan fingerprint density at radius 1 is 0.778 bits per heavy atom. The van der Waals surface area contributed by atoms with Crippen molar-refractivity contribution in [3.05, 3.63) is 0 Å². The minimum atomic E-state index is -1.14. The summed E-state index contributed by atoms with van der Waals surface area (Å²) in [5, 5.41) is 58.4. The molecule has 10 nitrogen and oxygen atoms in total. The first kappa shape index (κ1) is 30.0. The van der Waals surface area contributed by atoms with Crippen LogP contribution in [0, 0.1) is 17.8 Å². The van der Waals surface area contributed by atoms with Gasteiger partial charge in [0.05, 0.1) is 31.0 Å². The SMILES string of the molecule is CCC(CC(CC(C)C(=O)O)C(=O)O)C(=O)O.CCCO.OCC(O)CO. The van der Waals surface area contributed by atoms with Crippen molar-refractivity contribution < 1.29 is 50.1 Å². The van der Waals surface area contributed by atoms with Crippen molar-refractivity contribution in [2.24, 2.45) is 17.8 Å². The third-order valence-corrected chi connectivity index (χ3v) is 3.47. The van der Waals surface area contributed by atoms with Gasteiger partial charge in [-0.05, 0) is 25.7 Å². The van der Waals surface area contributed by atoms with Crippen molar-refractivity contribution in [2.75, 3.05) is 19.8 Å². The van der Waals surface area contributed by atoms with E-state index in [1.165, 1.54) is 6.92 Å². The van der Waals surface area contributed by atoms with E-state index < -0.39 is 41.8 Å². The molecule has 0 aliphatic carbocycles. The number of carboxylic acid groups (broad SMARTS) is 3. The summed E-state index contributed by atoms with van der Waals surface area (Å²) in [6.07, 6.45) is 0.179. The molecule has 0 rings (SSSR count). The molecular formula is C17H34O10. The van der Waals surface area contributed by atoms with E-state index in [2.05, 4.69) is 0 Å². The molecule has 0 aliphatic heterocycles. The van der Waals surface area contributed by atoms with Gasteiger partial charge in [-0.15, -0.1) is 0 Å². The second-order valence-corrected chi connectivity index (χ2v) is 5.93. The highest BCUT2D eigenvalue weighted by atomic mass is 16.4. The fourth-order valence-electron chi connectivity index (χ4n) is 1.67. The van der Waals surface area contributed by atoms with Gasteiger partial charge in [-0.2, -0.15) is 0 Å². The van der Waals surface area contributed by atoms with E-state index in [-0.39, 0.29) is 26.1 Å². The summed E-state index contributed by atoms with van der Waals surface area (Å²) in [4.78, 5) is 32.4. The average molecular weight is 398 g/mol. The molecule has 3 unspecified atom stereocenters. The Morgan fingerprint density at radius 2 is 1.19 bits per heavy atom. The number of aliphatic hydroxyl groups excluding tert-OH is 4. The lowest BCUT2D eigenvalue weighted by Crippen LogP contribution is -2.26. The first-order valence-corrected chi connectivity index (χ1v) is 8.71. The summed E-state index contributed by atoms with van der Waals surface area (Å²) in [7, 11) is 0. The van der Waals surface area contributed by atoms with Gasteiger partial charge >= 0.3 is 17.9 Å². The maximum atomic E-state index is 10.9. The third kappa shape index (κ3) is 18.8. The molecule has 0 aromatic carbocycles. The van der Waals surface area contributed by atoms with Crippen LogP contribution in [-0.4, -0.2) is 79.6 Å². The fraction of sp³-hybridized carbons (Fsp3) is 0.824. The maximum Gasteiger partial charge on any atom is 0.306 e. The van der Waals surface area contributed by atoms with Crippen LogP contribution in [0.15, 0.2) is 0 Å². The quantitative estimate of drug-likeness (QED) is 0.249. The molecule has 0 aromatic rings. The molecule has 0 aliphatic rings. The lowest BCUT2D eigenvalue weighted by molar-refractivity contribution is -0.147. The van der Waals surface area contributed by atoms with E-state index in [0.717, 1.165) is 6.42 Å². The largest absolute Gasteiger partial charge is 0.481 e. The van der Waals surface area contributed by atoms with E-state index in [0.29, 0.717) is 13.0 Å². The van der Waals surface area contributed by atoms with E-state index in [9.17, 15) is 14.4 Å². The molecule has 0 amide bonds. The molecule has 10 heteroatoms. The standard InChI is InChI=1S/C11H18O6.C3H8O3.C3H8O/c1-3-7(10(14)15)5-8(11(16)17)4-6(2)9(12)13;4-1-3(6)2-5;1-2-3-4/h6-8H,3-5H2,1-2H3,(H,12,13)(H,14,15)(H,16,17);3-6H,1-2H2;4H,2-3H2,1H3. The van der Waals surface area contributed by atoms with Gasteiger partial charge in [-0.3, -0.25) is 14.4 Å². The van der Waals surface area contributed by atoms with E-state index in [1.807, 2.05) is 6.92 Å². The summed E-state index contributed by atoms with van der Waals surface area (Å²) >= 11 is 0. The second-order valence-electron chi connectivity index (χ2n) is 5.93. The lowest BCUT2D eigenvalue weighted by atomic mass is 9.86. The minimum Gasteiger partial charge on any atom is -0.481 e. The van der Waals surface area contributed by atoms with Crippen LogP contribution in [0.3, 0.4) is 0 Å². The number of aliphatic hydroxyl groups is 4.